The normalized spacial score (nSPS) is 20.5. The van der Waals surface area contributed by atoms with Gasteiger partial charge in [0.2, 0.25) is 5.88 Å². The van der Waals surface area contributed by atoms with Crippen LogP contribution in [0, 0.1) is 23.2 Å². The van der Waals surface area contributed by atoms with Crippen molar-refractivity contribution < 1.29 is 27.5 Å². The first kappa shape index (κ1) is 34.2. The molecule has 0 aliphatic carbocycles. The maximum absolute atomic E-state index is 15.1. The van der Waals surface area contributed by atoms with Gasteiger partial charge in [0.25, 0.3) is 15.9 Å². The van der Waals surface area contributed by atoms with Gasteiger partial charge in [-0.05, 0) is 114 Å². The molecule has 0 bridgehead atoms. The molecule has 2 saturated heterocycles. The lowest BCUT2D eigenvalue weighted by molar-refractivity contribution is -0.121. The molecule has 49 heavy (non-hydrogen) atoms. The minimum Gasteiger partial charge on any atom is -0.492 e. The zero-order valence-corrected chi connectivity index (χ0v) is 28.9. The number of para-hydroxylation sites is 1. The van der Waals surface area contributed by atoms with Crippen molar-refractivity contribution in [1.82, 2.24) is 20.1 Å². The van der Waals surface area contributed by atoms with Crippen molar-refractivity contribution in [1.29, 1.82) is 5.26 Å². The second kappa shape index (κ2) is 14.1. The number of hydrogen-bond acceptors (Lipinski definition) is 9. The lowest BCUT2D eigenvalue weighted by Gasteiger charge is -2.40. The first-order chi connectivity index (χ1) is 23.6. The molecule has 1 unspecified atom stereocenters. The fourth-order valence-electron chi connectivity index (χ4n) is 7.42. The summed E-state index contributed by atoms with van der Waals surface area (Å²) in [5.41, 5.74) is -1.64. The number of nitrogens with one attached hydrogen (secondary N) is 1. The first-order valence-corrected chi connectivity index (χ1v) is 18.3. The molecule has 2 aromatic carbocycles. The van der Waals surface area contributed by atoms with E-state index in [0.717, 1.165) is 38.8 Å². The Morgan fingerprint density at radius 2 is 1.63 bits per heavy atom. The third-order valence-electron chi connectivity index (χ3n) is 9.93. The third-order valence-corrected chi connectivity index (χ3v) is 11.7. The number of ether oxygens (including phenoxy) is 2. The topological polar surface area (TPSA) is 145 Å². The molecule has 0 radical (unpaired) electrons. The van der Waals surface area contributed by atoms with Crippen molar-refractivity contribution in [2.24, 2.45) is 11.8 Å². The van der Waals surface area contributed by atoms with Gasteiger partial charge in [-0.25, -0.2) is 18.2 Å². The summed E-state index contributed by atoms with van der Waals surface area (Å²) in [5.74, 6) is 0.309. The fraction of sp³-hybridized carbons (Fsp3) is 0.444. The highest BCUT2D eigenvalue weighted by Gasteiger charge is 2.59. The quantitative estimate of drug-likeness (QED) is 0.344. The molecule has 1 atom stereocenters. The van der Waals surface area contributed by atoms with Crippen LogP contribution in [0.2, 0.25) is 0 Å². The minimum atomic E-state index is -4.62. The van der Waals surface area contributed by atoms with Gasteiger partial charge >= 0.3 is 6.03 Å². The second-order valence-corrected chi connectivity index (χ2v) is 14.5. The van der Waals surface area contributed by atoms with Crippen LogP contribution in [0.15, 0.2) is 65.7 Å². The van der Waals surface area contributed by atoms with Crippen LogP contribution in [0.1, 0.15) is 56.2 Å². The molecular weight excluding hydrogens is 644 g/mol. The molecule has 258 valence electrons. The van der Waals surface area contributed by atoms with Gasteiger partial charge < -0.3 is 24.6 Å². The highest BCUT2D eigenvalue weighted by molar-refractivity contribution is 7.93. The molecule has 2 fully saturated rings. The van der Waals surface area contributed by atoms with E-state index >= 15 is 4.79 Å². The fourth-order valence-corrected chi connectivity index (χ4v) is 9.03. The Morgan fingerprint density at radius 1 is 0.959 bits per heavy atom. The molecule has 3 aromatic rings. The highest BCUT2D eigenvalue weighted by Crippen LogP contribution is 2.50. The Bertz CT molecular complexity index is 1860. The number of urea groups is 1. The van der Waals surface area contributed by atoms with E-state index in [1.54, 1.807) is 43.0 Å². The number of fused-ring (bicyclic) bond motifs is 1. The van der Waals surface area contributed by atoms with Gasteiger partial charge in [-0.3, -0.25) is 4.79 Å². The molecule has 3 aliphatic heterocycles. The van der Waals surface area contributed by atoms with E-state index in [2.05, 4.69) is 28.3 Å². The molecule has 0 saturated carbocycles. The number of rotatable bonds is 9. The van der Waals surface area contributed by atoms with Crippen LogP contribution in [0.4, 0.5) is 10.5 Å². The summed E-state index contributed by atoms with van der Waals surface area (Å²) >= 11 is 0. The van der Waals surface area contributed by atoms with Crippen LogP contribution < -0.4 is 19.1 Å². The number of amides is 3. The zero-order chi connectivity index (χ0) is 34.8. The van der Waals surface area contributed by atoms with Crippen molar-refractivity contribution in [2.45, 2.75) is 50.0 Å². The number of hydrogen-bond donors (Lipinski definition) is 1. The number of benzene rings is 2. The molecular formula is C36H42N6O6S. The Morgan fingerprint density at radius 3 is 2.31 bits per heavy atom. The summed E-state index contributed by atoms with van der Waals surface area (Å²) < 4.78 is 41.4. The largest absolute Gasteiger partial charge is 0.492 e. The molecule has 1 N–H and O–H groups in total. The van der Waals surface area contributed by atoms with Gasteiger partial charge in [0.15, 0.2) is 5.54 Å². The van der Waals surface area contributed by atoms with E-state index in [4.69, 9.17) is 9.47 Å². The van der Waals surface area contributed by atoms with Gasteiger partial charge in [-0.1, -0.05) is 12.1 Å². The van der Waals surface area contributed by atoms with Gasteiger partial charge in [0.05, 0.1) is 36.1 Å². The summed E-state index contributed by atoms with van der Waals surface area (Å²) in [7, 11) is -2.47. The van der Waals surface area contributed by atoms with E-state index in [1.807, 2.05) is 0 Å². The monoisotopic (exact) mass is 686 g/mol. The lowest BCUT2D eigenvalue weighted by atomic mass is 9.79. The number of carbonyl (C=O) groups excluding carboxylic acids is 2. The molecule has 3 aliphatic rings. The zero-order valence-electron chi connectivity index (χ0n) is 28.1. The molecule has 0 spiro atoms. The van der Waals surface area contributed by atoms with Crippen molar-refractivity contribution in [3.63, 3.8) is 0 Å². The Kier molecular flexibility index (Phi) is 9.81. The predicted octanol–water partition coefficient (Wildman–Crippen LogP) is 4.49. The maximum Gasteiger partial charge on any atom is 0.318 e. The average molecular weight is 687 g/mol. The number of sulfonamides is 1. The summed E-state index contributed by atoms with van der Waals surface area (Å²) in [6, 6.07) is 15.2. The van der Waals surface area contributed by atoms with E-state index in [0.29, 0.717) is 29.2 Å². The summed E-state index contributed by atoms with van der Waals surface area (Å²) in [6.07, 6.45) is 5.45. The van der Waals surface area contributed by atoms with E-state index in [1.165, 1.54) is 36.5 Å². The van der Waals surface area contributed by atoms with Crippen molar-refractivity contribution in [2.75, 3.05) is 50.7 Å². The molecule has 3 amide bonds. The Hall–Kier alpha value is -4.67. The van der Waals surface area contributed by atoms with Gasteiger partial charge in [-0.2, -0.15) is 9.57 Å². The summed E-state index contributed by atoms with van der Waals surface area (Å²) in [5, 5.41) is 12.9. The molecule has 12 nitrogen and oxygen atoms in total. The Labute approximate surface area is 287 Å². The number of likely N-dealkylation sites (tertiary alicyclic amines) is 2. The number of aromatic nitrogens is 1. The van der Waals surface area contributed by atoms with E-state index < -0.39 is 27.5 Å². The molecule has 4 heterocycles. The number of nitrogens with zero attached hydrogens (tertiary/aromatic N) is 5. The summed E-state index contributed by atoms with van der Waals surface area (Å²) in [6.45, 7) is 7.02. The highest BCUT2D eigenvalue weighted by atomic mass is 32.2. The number of carbonyl (C=O) groups is 2. The van der Waals surface area contributed by atoms with Crippen LogP contribution in [0.3, 0.4) is 0 Å². The minimum absolute atomic E-state index is 0.00266. The van der Waals surface area contributed by atoms with Crippen LogP contribution in [0.25, 0.3) is 0 Å². The predicted molar refractivity (Wildman–Crippen MR) is 183 cm³/mol. The number of pyridine rings is 1. The standard InChI is InChI=1S/C36H42N6O6S/c1-4-47-31-10-6-7-11-32(31)49(45,46)42-30-13-12-25(24-37)23-29(30)36(34(42)43,28-9-8-18-38-33(28)48-5-2)39-35(44)41-21-16-27(17-22-41)26-14-19-40(3)20-15-26/h6-13,18,23,26-27H,4-5,14-17,19-22H2,1-3H3,(H,39,44). The molecule has 6 rings (SSSR count). The van der Waals surface area contributed by atoms with E-state index in [-0.39, 0.29) is 52.1 Å². The third kappa shape index (κ3) is 6.19. The van der Waals surface area contributed by atoms with Crippen LogP contribution in [-0.2, 0) is 20.4 Å². The van der Waals surface area contributed by atoms with Gasteiger partial charge in [-0.15, -0.1) is 0 Å². The molecule has 13 heteroatoms. The van der Waals surface area contributed by atoms with Crippen molar-refractivity contribution >= 4 is 27.6 Å². The first-order valence-electron chi connectivity index (χ1n) is 16.9. The van der Waals surface area contributed by atoms with E-state index in [9.17, 15) is 18.5 Å². The number of anilines is 1. The van der Waals surface area contributed by atoms with Crippen LogP contribution in [0.5, 0.6) is 11.6 Å². The Balaban J connectivity index is 1.45. The number of piperidine rings is 2. The molecule has 1 aromatic heterocycles. The number of nitriles is 1. The SMILES string of the molecule is CCOc1ccccc1S(=O)(=O)N1C(=O)C(NC(=O)N2CCC(C3CCN(C)CC3)CC2)(c2cccnc2OCC)c2cc(C#N)ccc21. The van der Waals surface area contributed by atoms with Gasteiger partial charge in [0.1, 0.15) is 10.6 Å². The maximum atomic E-state index is 15.1. The lowest BCUT2D eigenvalue weighted by Crippen LogP contribution is -2.58. The summed E-state index contributed by atoms with van der Waals surface area (Å²) in [4.78, 5) is 37.7. The van der Waals surface area contributed by atoms with Crippen molar-refractivity contribution in [3.8, 4) is 17.7 Å². The van der Waals surface area contributed by atoms with Crippen LogP contribution in [-0.4, -0.2) is 81.6 Å². The van der Waals surface area contributed by atoms with Gasteiger partial charge in [0, 0.05) is 24.8 Å². The second-order valence-electron chi connectivity index (χ2n) is 12.7. The average Bonchev–Trinajstić information content (AvgIpc) is 3.36. The van der Waals surface area contributed by atoms with Crippen LogP contribution >= 0.6 is 0 Å². The smallest absolute Gasteiger partial charge is 0.318 e. The van der Waals surface area contributed by atoms with Crippen molar-refractivity contribution in [3.05, 3.63) is 77.5 Å².